The van der Waals surface area contributed by atoms with Gasteiger partial charge < -0.3 is 10.6 Å². The zero-order chi connectivity index (χ0) is 13.8. The first-order chi connectivity index (χ1) is 9.09. The zero-order valence-corrected chi connectivity index (χ0v) is 11.1. The highest BCUT2D eigenvalue weighted by molar-refractivity contribution is 6.03. The molecular formula is C13H21N3O3. The summed E-state index contributed by atoms with van der Waals surface area (Å²) in [7, 11) is 0. The molecule has 0 saturated carbocycles. The summed E-state index contributed by atoms with van der Waals surface area (Å²) in [6.07, 6.45) is 4.89. The van der Waals surface area contributed by atoms with Gasteiger partial charge in [0.25, 0.3) is 0 Å². The average molecular weight is 267 g/mol. The fraction of sp³-hybridized carbons (Fsp3) is 0.769. The molecule has 2 saturated heterocycles. The summed E-state index contributed by atoms with van der Waals surface area (Å²) in [5.41, 5.74) is 5.64. The summed E-state index contributed by atoms with van der Waals surface area (Å²) >= 11 is 0. The lowest BCUT2D eigenvalue weighted by atomic mass is 10.1. The quantitative estimate of drug-likeness (QED) is 0.706. The van der Waals surface area contributed by atoms with Crippen LogP contribution in [0.25, 0.3) is 0 Å². The number of hydrogen-bond acceptors (Lipinski definition) is 4. The lowest BCUT2D eigenvalue weighted by Crippen LogP contribution is -2.54. The first-order valence-corrected chi connectivity index (χ1v) is 6.97. The van der Waals surface area contributed by atoms with Gasteiger partial charge in [-0.1, -0.05) is 12.8 Å². The summed E-state index contributed by atoms with van der Waals surface area (Å²) in [4.78, 5) is 38.5. The molecule has 2 N–H and O–H groups in total. The molecule has 0 aromatic carbocycles. The van der Waals surface area contributed by atoms with Crippen LogP contribution in [0.5, 0.6) is 0 Å². The third kappa shape index (κ3) is 3.32. The smallest absolute Gasteiger partial charge is 0.246 e. The fourth-order valence-electron chi connectivity index (χ4n) is 2.58. The van der Waals surface area contributed by atoms with Crippen molar-refractivity contribution in [2.75, 3.05) is 19.6 Å². The van der Waals surface area contributed by atoms with Crippen molar-refractivity contribution in [3.8, 4) is 0 Å². The Hall–Kier alpha value is -1.43. The number of piperidine rings is 1. The van der Waals surface area contributed by atoms with E-state index in [4.69, 9.17) is 5.73 Å². The summed E-state index contributed by atoms with van der Waals surface area (Å²) < 4.78 is 0. The van der Waals surface area contributed by atoms with Crippen molar-refractivity contribution in [1.82, 2.24) is 9.80 Å². The Kier molecular flexibility index (Phi) is 4.52. The van der Waals surface area contributed by atoms with E-state index < -0.39 is 11.9 Å². The first kappa shape index (κ1) is 14.0. The second kappa shape index (κ2) is 6.14. The van der Waals surface area contributed by atoms with Gasteiger partial charge in [0.05, 0.1) is 6.04 Å². The molecule has 19 heavy (non-hydrogen) atoms. The highest BCUT2D eigenvalue weighted by Crippen LogP contribution is 2.14. The van der Waals surface area contributed by atoms with Crippen molar-refractivity contribution < 1.29 is 14.4 Å². The maximum absolute atomic E-state index is 12.2. The van der Waals surface area contributed by atoms with Gasteiger partial charge in [-0.3, -0.25) is 19.3 Å². The van der Waals surface area contributed by atoms with Crippen molar-refractivity contribution in [1.29, 1.82) is 0 Å². The normalized spacial score (nSPS) is 25.4. The number of amides is 3. The molecule has 1 atom stereocenters. The summed E-state index contributed by atoms with van der Waals surface area (Å²) in [6, 6.07) is -0.644. The van der Waals surface area contributed by atoms with Gasteiger partial charge in [0.1, 0.15) is 6.54 Å². The third-order valence-corrected chi connectivity index (χ3v) is 3.81. The number of rotatable bonds is 2. The summed E-state index contributed by atoms with van der Waals surface area (Å²) in [5.74, 6) is -0.841. The Morgan fingerprint density at radius 2 is 1.79 bits per heavy atom. The van der Waals surface area contributed by atoms with Crippen LogP contribution in [0.3, 0.4) is 0 Å². The Morgan fingerprint density at radius 3 is 2.42 bits per heavy atom. The maximum atomic E-state index is 12.2. The summed E-state index contributed by atoms with van der Waals surface area (Å²) in [6.45, 7) is 1.30. The molecule has 6 nitrogen and oxygen atoms in total. The minimum absolute atomic E-state index is 0.141. The molecule has 6 heteroatoms. The molecule has 106 valence electrons. The van der Waals surface area contributed by atoms with E-state index in [9.17, 15) is 14.4 Å². The molecule has 2 aliphatic rings. The molecule has 2 rings (SSSR count). The van der Waals surface area contributed by atoms with Crippen LogP contribution in [0.4, 0.5) is 0 Å². The van der Waals surface area contributed by atoms with Crippen LogP contribution in [0.2, 0.25) is 0 Å². The van der Waals surface area contributed by atoms with Gasteiger partial charge in [0.2, 0.25) is 17.7 Å². The van der Waals surface area contributed by atoms with Gasteiger partial charge in [0.15, 0.2) is 0 Å². The van der Waals surface area contributed by atoms with Crippen LogP contribution in [0.15, 0.2) is 0 Å². The molecule has 3 amide bonds. The largest absolute Gasteiger partial charge is 0.341 e. The van der Waals surface area contributed by atoms with Crippen molar-refractivity contribution in [2.24, 2.45) is 5.73 Å². The molecule has 0 bridgehead atoms. The molecule has 0 spiro atoms. The maximum Gasteiger partial charge on any atom is 0.246 e. The Bertz CT molecular complexity index is 375. The average Bonchev–Trinajstić information content (AvgIpc) is 2.68. The van der Waals surface area contributed by atoms with E-state index >= 15 is 0 Å². The second-order valence-corrected chi connectivity index (χ2v) is 5.26. The number of carbonyl (C=O) groups is 3. The van der Waals surface area contributed by atoms with E-state index in [1.54, 1.807) is 4.90 Å². The minimum atomic E-state index is -0.644. The molecule has 1 unspecified atom stereocenters. The van der Waals surface area contributed by atoms with Gasteiger partial charge in [0, 0.05) is 19.5 Å². The molecule has 2 aliphatic heterocycles. The first-order valence-electron chi connectivity index (χ1n) is 6.97. The van der Waals surface area contributed by atoms with Gasteiger partial charge in [-0.15, -0.1) is 0 Å². The van der Waals surface area contributed by atoms with Gasteiger partial charge in [-0.2, -0.15) is 0 Å². The Labute approximate surface area is 112 Å². The van der Waals surface area contributed by atoms with Crippen LogP contribution in [-0.4, -0.2) is 53.2 Å². The number of nitrogens with two attached hydrogens (primary N) is 1. The van der Waals surface area contributed by atoms with Gasteiger partial charge in [-0.25, -0.2) is 0 Å². The second-order valence-electron chi connectivity index (χ2n) is 5.26. The van der Waals surface area contributed by atoms with Crippen LogP contribution < -0.4 is 5.73 Å². The summed E-state index contributed by atoms with van der Waals surface area (Å²) in [5, 5.41) is 0. The topological polar surface area (TPSA) is 83.7 Å². The number of hydrogen-bond donors (Lipinski definition) is 1. The number of carbonyl (C=O) groups excluding carboxylic acids is 3. The standard InChI is InChI=1S/C13H21N3O3/c14-10-5-6-11(17)16(13(10)19)9-12(18)15-7-3-1-2-4-8-15/h10H,1-9,14H2. The molecule has 0 radical (unpaired) electrons. The highest BCUT2D eigenvalue weighted by atomic mass is 16.2. The number of nitrogens with zero attached hydrogens (tertiary/aromatic N) is 2. The SMILES string of the molecule is NC1CCC(=O)N(CC(=O)N2CCCCCC2)C1=O. The molecule has 0 aromatic rings. The number of likely N-dealkylation sites (tertiary alicyclic amines) is 2. The lowest BCUT2D eigenvalue weighted by molar-refractivity contribution is -0.153. The van der Waals surface area contributed by atoms with Crippen LogP contribution in [0.1, 0.15) is 38.5 Å². The van der Waals surface area contributed by atoms with E-state index in [0.717, 1.165) is 43.7 Å². The Balaban J connectivity index is 1.96. The van der Waals surface area contributed by atoms with Crippen LogP contribution in [-0.2, 0) is 14.4 Å². The molecule has 0 aliphatic carbocycles. The number of imide groups is 1. The van der Waals surface area contributed by atoms with Gasteiger partial charge in [-0.05, 0) is 19.3 Å². The monoisotopic (exact) mass is 267 g/mol. The fourth-order valence-corrected chi connectivity index (χ4v) is 2.58. The minimum Gasteiger partial charge on any atom is -0.341 e. The van der Waals surface area contributed by atoms with E-state index in [2.05, 4.69) is 0 Å². The van der Waals surface area contributed by atoms with E-state index in [0.29, 0.717) is 6.42 Å². The third-order valence-electron chi connectivity index (χ3n) is 3.81. The molecular weight excluding hydrogens is 246 g/mol. The van der Waals surface area contributed by atoms with Crippen molar-refractivity contribution in [2.45, 2.75) is 44.6 Å². The van der Waals surface area contributed by atoms with Crippen LogP contribution in [0, 0.1) is 0 Å². The lowest BCUT2D eigenvalue weighted by Gasteiger charge is -2.30. The predicted molar refractivity (Wildman–Crippen MR) is 69.0 cm³/mol. The molecule has 2 fully saturated rings. The van der Waals surface area contributed by atoms with Crippen molar-refractivity contribution in [3.05, 3.63) is 0 Å². The Morgan fingerprint density at radius 1 is 1.16 bits per heavy atom. The van der Waals surface area contributed by atoms with Crippen LogP contribution >= 0.6 is 0 Å². The van der Waals surface area contributed by atoms with Crippen molar-refractivity contribution in [3.63, 3.8) is 0 Å². The van der Waals surface area contributed by atoms with E-state index in [-0.39, 0.29) is 24.8 Å². The van der Waals surface area contributed by atoms with E-state index in [1.165, 1.54) is 0 Å². The zero-order valence-electron chi connectivity index (χ0n) is 11.1. The van der Waals surface area contributed by atoms with Crippen molar-refractivity contribution >= 4 is 17.7 Å². The van der Waals surface area contributed by atoms with Gasteiger partial charge >= 0.3 is 0 Å². The molecule has 0 aromatic heterocycles. The van der Waals surface area contributed by atoms with E-state index in [1.807, 2.05) is 0 Å². The predicted octanol–water partition coefficient (Wildman–Crippen LogP) is -0.135. The molecule has 2 heterocycles. The highest BCUT2D eigenvalue weighted by Gasteiger charge is 2.34.